The lowest BCUT2D eigenvalue weighted by Crippen LogP contribution is -2.42. The summed E-state index contributed by atoms with van der Waals surface area (Å²) < 4.78 is 11.7. The van der Waals surface area contributed by atoms with E-state index in [1.807, 2.05) is 18.2 Å². The summed E-state index contributed by atoms with van der Waals surface area (Å²) in [5.41, 5.74) is 5.33. The second kappa shape index (κ2) is 10.7. The normalized spacial score (nSPS) is 10.7. The summed E-state index contributed by atoms with van der Waals surface area (Å²) >= 11 is 6.10. The average Bonchev–Trinajstić information content (AvgIpc) is 2.78. The lowest BCUT2D eigenvalue weighted by atomic mass is 10.2. The molecule has 168 valence electrons. The van der Waals surface area contributed by atoms with Crippen molar-refractivity contribution in [3.8, 4) is 5.75 Å². The molecule has 0 aliphatic heterocycles. The van der Waals surface area contributed by atoms with Crippen molar-refractivity contribution < 1.29 is 14.3 Å². The molecule has 32 heavy (non-hydrogen) atoms. The molecule has 0 bridgehead atoms. The first-order valence-corrected chi connectivity index (χ1v) is 10.1. The molecule has 9 nitrogen and oxygen atoms in total. The highest BCUT2D eigenvalue weighted by Gasteiger charge is 2.25. The van der Waals surface area contributed by atoms with Gasteiger partial charge in [-0.3, -0.25) is 24.0 Å². The molecule has 0 fully saturated rings. The van der Waals surface area contributed by atoms with E-state index in [4.69, 9.17) is 26.8 Å². The number of para-hydroxylation sites is 1. The van der Waals surface area contributed by atoms with Gasteiger partial charge in [0.2, 0.25) is 0 Å². The number of carbonyl (C=O) groups excluding carboxylic acids is 1. The highest BCUT2D eigenvalue weighted by atomic mass is 35.5. The Kier molecular flexibility index (Phi) is 7.69. The lowest BCUT2D eigenvalue weighted by molar-refractivity contribution is -0.120. The molecule has 3 aromatic rings. The van der Waals surface area contributed by atoms with Crippen LogP contribution in [0.1, 0.15) is 5.56 Å². The zero-order valence-electron chi connectivity index (χ0n) is 17.4. The highest BCUT2D eigenvalue weighted by molar-refractivity contribution is 6.32. The third-order valence-corrected chi connectivity index (χ3v) is 4.99. The van der Waals surface area contributed by atoms with Crippen molar-refractivity contribution in [3.63, 3.8) is 0 Å². The maximum absolute atomic E-state index is 13.2. The van der Waals surface area contributed by atoms with E-state index in [0.29, 0.717) is 10.8 Å². The number of methoxy groups -OCH3 is 1. The van der Waals surface area contributed by atoms with Gasteiger partial charge in [-0.15, -0.1) is 0 Å². The number of ether oxygens (including phenoxy) is 2. The Morgan fingerprint density at radius 1 is 1.12 bits per heavy atom. The van der Waals surface area contributed by atoms with Gasteiger partial charge in [-0.1, -0.05) is 54.1 Å². The van der Waals surface area contributed by atoms with Crippen molar-refractivity contribution in [2.24, 2.45) is 0 Å². The van der Waals surface area contributed by atoms with Gasteiger partial charge in [0.25, 0.3) is 11.5 Å². The number of benzene rings is 2. The van der Waals surface area contributed by atoms with E-state index in [9.17, 15) is 14.4 Å². The third-order valence-electron chi connectivity index (χ3n) is 4.68. The van der Waals surface area contributed by atoms with Gasteiger partial charge in [-0.2, -0.15) is 0 Å². The third kappa shape index (κ3) is 5.37. The zero-order chi connectivity index (χ0) is 23.1. The molecule has 0 aliphatic rings. The van der Waals surface area contributed by atoms with Crippen LogP contribution in [0.15, 0.2) is 64.2 Å². The fourth-order valence-electron chi connectivity index (χ4n) is 3.08. The number of carbonyl (C=O) groups is 1. The summed E-state index contributed by atoms with van der Waals surface area (Å²) in [6, 6.07) is 15.8. The lowest BCUT2D eigenvalue weighted by Gasteiger charge is -2.25. The van der Waals surface area contributed by atoms with Gasteiger partial charge >= 0.3 is 5.69 Å². The van der Waals surface area contributed by atoms with Crippen LogP contribution in [0.3, 0.4) is 0 Å². The van der Waals surface area contributed by atoms with E-state index in [0.717, 1.165) is 10.1 Å². The number of nitrogens with two attached hydrogens (primary N) is 1. The number of nitrogens with zero attached hydrogens (tertiary/aromatic N) is 2. The van der Waals surface area contributed by atoms with Crippen LogP contribution < -0.4 is 26.6 Å². The van der Waals surface area contributed by atoms with E-state index in [-0.39, 0.29) is 31.2 Å². The van der Waals surface area contributed by atoms with Crippen LogP contribution in [0, 0.1) is 0 Å². The Morgan fingerprint density at radius 2 is 1.81 bits per heavy atom. The van der Waals surface area contributed by atoms with Gasteiger partial charge in [0.15, 0.2) is 12.3 Å². The van der Waals surface area contributed by atoms with E-state index in [2.05, 4.69) is 4.98 Å². The summed E-state index contributed by atoms with van der Waals surface area (Å²) in [5, 5.41) is 0.348. The molecule has 1 aromatic heterocycles. The molecule has 2 aromatic carbocycles. The molecule has 3 rings (SSSR count). The average molecular weight is 459 g/mol. The summed E-state index contributed by atoms with van der Waals surface area (Å²) in [5.74, 6) is -0.352. The number of hydrogen-bond donors (Lipinski definition) is 2. The molecular formula is C22H23ClN4O5. The fraction of sp³-hybridized carbons (Fsp3) is 0.227. The van der Waals surface area contributed by atoms with Gasteiger partial charge in [0.05, 0.1) is 24.7 Å². The molecular weight excluding hydrogens is 436 g/mol. The molecule has 10 heteroatoms. The number of nitrogens with one attached hydrogen (secondary N) is 1. The van der Waals surface area contributed by atoms with Gasteiger partial charge in [-0.05, 0) is 17.7 Å². The number of amides is 1. The molecule has 0 aliphatic carbocycles. The van der Waals surface area contributed by atoms with E-state index >= 15 is 0 Å². The maximum Gasteiger partial charge on any atom is 0.330 e. The first-order chi connectivity index (χ1) is 15.4. The number of hydrogen-bond acceptors (Lipinski definition) is 6. The Labute approximate surface area is 188 Å². The van der Waals surface area contributed by atoms with Crippen molar-refractivity contribution in [3.05, 3.63) is 86.0 Å². The van der Waals surface area contributed by atoms with E-state index in [1.54, 1.807) is 36.4 Å². The molecule has 0 radical (unpaired) electrons. The van der Waals surface area contributed by atoms with Crippen LogP contribution in [0.5, 0.6) is 5.75 Å². The minimum absolute atomic E-state index is 0.0430. The number of H-pyrrole nitrogens is 1. The van der Waals surface area contributed by atoms with Crippen LogP contribution in [0.25, 0.3) is 0 Å². The Balaban J connectivity index is 1.99. The van der Waals surface area contributed by atoms with Crippen molar-refractivity contribution in [2.75, 3.05) is 31.0 Å². The largest absolute Gasteiger partial charge is 0.482 e. The summed E-state index contributed by atoms with van der Waals surface area (Å²) in [6.45, 7) is -0.0553. The first-order valence-electron chi connectivity index (χ1n) is 9.75. The number of anilines is 2. The summed E-state index contributed by atoms with van der Waals surface area (Å²) in [6.07, 6.45) is 0. The van der Waals surface area contributed by atoms with Crippen molar-refractivity contribution in [1.29, 1.82) is 0 Å². The standard InChI is InChI=1S/C22H23ClN4O5/c1-31-12-11-26-20(24)19(21(29)25-22(26)30)27(13-15-7-3-2-4-8-15)18(28)14-32-17-10-6-5-9-16(17)23/h2-10H,11-14,24H2,1H3,(H,25,29,30). The topological polar surface area (TPSA) is 120 Å². The Morgan fingerprint density at radius 3 is 2.50 bits per heavy atom. The van der Waals surface area contributed by atoms with Crippen LogP contribution in [0.2, 0.25) is 5.02 Å². The minimum Gasteiger partial charge on any atom is -0.482 e. The highest BCUT2D eigenvalue weighted by Crippen LogP contribution is 2.24. The smallest absolute Gasteiger partial charge is 0.330 e. The molecule has 0 atom stereocenters. The van der Waals surface area contributed by atoms with Gasteiger partial charge in [0.1, 0.15) is 11.6 Å². The summed E-state index contributed by atoms with van der Waals surface area (Å²) in [7, 11) is 1.48. The number of rotatable bonds is 9. The molecule has 0 spiro atoms. The fourth-order valence-corrected chi connectivity index (χ4v) is 3.27. The number of aromatic amines is 1. The van der Waals surface area contributed by atoms with Crippen molar-refractivity contribution in [1.82, 2.24) is 9.55 Å². The van der Waals surface area contributed by atoms with Gasteiger partial charge in [0, 0.05) is 7.11 Å². The molecule has 0 saturated carbocycles. The minimum atomic E-state index is -0.775. The Hall–Kier alpha value is -3.56. The van der Waals surface area contributed by atoms with E-state index < -0.39 is 23.8 Å². The van der Waals surface area contributed by atoms with E-state index in [1.165, 1.54) is 12.0 Å². The van der Waals surface area contributed by atoms with Crippen molar-refractivity contribution >= 4 is 29.0 Å². The maximum atomic E-state index is 13.2. The quantitative estimate of drug-likeness (QED) is 0.506. The second-order valence-electron chi connectivity index (χ2n) is 6.82. The SMILES string of the molecule is COCCn1c(N)c(N(Cc2ccccc2)C(=O)COc2ccccc2Cl)c(=O)[nH]c1=O. The second-order valence-corrected chi connectivity index (χ2v) is 7.23. The van der Waals surface area contributed by atoms with Crippen molar-refractivity contribution in [2.45, 2.75) is 13.1 Å². The monoisotopic (exact) mass is 458 g/mol. The molecule has 1 amide bonds. The molecule has 1 heterocycles. The first kappa shape index (κ1) is 23.1. The number of nitrogen functional groups attached to an aromatic ring is 1. The molecule has 3 N–H and O–H groups in total. The van der Waals surface area contributed by atoms with Crippen LogP contribution in [-0.4, -0.2) is 35.8 Å². The zero-order valence-corrected chi connectivity index (χ0v) is 18.2. The van der Waals surface area contributed by atoms with Gasteiger partial charge < -0.3 is 15.2 Å². The summed E-state index contributed by atoms with van der Waals surface area (Å²) in [4.78, 5) is 41.6. The molecule has 0 unspecified atom stereocenters. The number of halogens is 1. The Bertz CT molecular complexity index is 1190. The molecule has 0 saturated heterocycles. The van der Waals surface area contributed by atoms with Crippen LogP contribution in [0.4, 0.5) is 11.5 Å². The predicted octanol–water partition coefficient (Wildman–Crippen LogP) is 2.03. The van der Waals surface area contributed by atoms with Crippen LogP contribution in [-0.2, 0) is 22.6 Å². The van der Waals surface area contributed by atoms with Crippen LogP contribution >= 0.6 is 11.6 Å². The van der Waals surface area contributed by atoms with Gasteiger partial charge in [-0.25, -0.2) is 4.79 Å². The number of aromatic nitrogens is 2. The predicted molar refractivity (Wildman–Crippen MR) is 122 cm³/mol.